The number of nitrogen functional groups attached to an aromatic ring is 1. The Morgan fingerprint density at radius 2 is 2.04 bits per heavy atom. The summed E-state index contributed by atoms with van der Waals surface area (Å²) in [6.07, 6.45) is 2.66. The number of amides is 1. The van der Waals surface area contributed by atoms with Gasteiger partial charge in [0, 0.05) is 36.6 Å². The Balaban J connectivity index is 1.98. The smallest absolute Gasteiger partial charge is 0.410 e. The molecule has 1 aromatic carbocycles. The minimum atomic E-state index is -0.514. The van der Waals surface area contributed by atoms with Crippen LogP contribution in [0.15, 0.2) is 21.6 Å². The lowest BCUT2D eigenvalue weighted by molar-refractivity contribution is -0.385. The van der Waals surface area contributed by atoms with Crippen molar-refractivity contribution in [2.45, 2.75) is 45.3 Å². The molecule has 0 atom stereocenters. The predicted octanol–water partition coefficient (Wildman–Crippen LogP) is 3.76. The largest absolute Gasteiger partial charge is 0.444 e. The number of nitrogens with two attached hydrogens (primary N) is 1. The van der Waals surface area contributed by atoms with Crippen molar-refractivity contribution in [1.29, 1.82) is 0 Å². The first-order valence-corrected chi connectivity index (χ1v) is 9.10. The van der Waals surface area contributed by atoms with Crippen LogP contribution in [0.2, 0.25) is 0 Å². The molecule has 0 spiro atoms. The molecule has 142 valence electrons. The number of nitro groups is 1. The number of nitro benzene ring substituents is 1. The van der Waals surface area contributed by atoms with Gasteiger partial charge in [0.1, 0.15) is 5.60 Å². The molecule has 0 aliphatic carbocycles. The third kappa shape index (κ3) is 5.42. The summed E-state index contributed by atoms with van der Waals surface area (Å²) in [5.41, 5.74) is 6.27. The molecule has 8 nitrogen and oxygen atoms in total. The lowest BCUT2D eigenvalue weighted by Crippen LogP contribution is -2.42. The summed E-state index contributed by atoms with van der Waals surface area (Å²) in [4.78, 5) is 28.8. The highest BCUT2D eigenvalue weighted by Gasteiger charge is 2.26. The minimum Gasteiger partial charge on any atom is -0.444 e. The third-order valence-corrected chi connectivity index (χ3v) is 4.52. The minimum absolute atomic E-state index is 0.0378. The number of halogens is 1. The summed E-state index contributed by atoms with van der Waals surface area (Å²) < 4.78 is 5.70. The average molecular weight is 427 g/mol. The van der Waals surface area contributed by atoms with Crippen molar-refractivity contribution < 1.29 is 14.5 Å². The van der Waals surface area contributed by atoms with E-state index >= 15 is 0 Å². The fourth-order valence-electron chi connectivity index (χ4n) is 2.55. The Hall–Kier alpha value is -2.16. The molecule has 1 aliphatic heterocycles. The third-order valence-electron chi connectivity index (χ3n) is 3.89. The van der Waals surface area contributed by atoms with Crippen molar-refractivity contribution in [1.82, 2.24) is 4.90 Å². The van der Waals surface area contributed by atoms with Crippen LogP contribution >= 0.6 is 15.9 Å². The van der Waals surface area contributed by atoms with Crippen LogP contribution in [0.25, 0.3) is 0 Å². The molecule has 1 amide bonds. The fraction of sp³-hybridized carbons (Fsp3) is 0.529. The number of rotatable bonds is 3. The van der Waals surface area contributed by atoms with Gasteiger partial charge in [-0.15, -0.1) is 0 Å². The molecule has 2 N–H and O–H groups in total. The van der Waals surface area contributed by atoms with Crippen LogP contribution in [0.3, 0.4) is 0 Å². The zero-order valence-corrected chi connectivity index (χ0v) is 16.7. The molecule has 0 aromatic heterocycles. The van der Waals surface area contributed by atoms with Crippen LogP contribution in [0.4, 0.5) is 16.2 Å². The summed E-state index contributed by atoms with van der Waals surface area (Å²) in [6, 6.07) is 2.94. The van der Waals surface area contributed by atoms with Crippen molar-refractivity contribution >= 4 is 39.6 Å². The summed E-state index contributed by atoms with van der Waals surface area (Å²) >= 11 is 3.13. The zero-order valence-electron chi connectivity index (χ0n) is 15.1. The molecule has 1 fully saturated rings. The van der Waals surface area contributed by atoms with Gasteiger partial charge in [-0.3, -0.25) is 15.1 Å². The molecule has 0 radical (unpaired) electrons. The van der Waals surface area contributed by atoms with Gasteiger partial charge >= 0.3 is 6.09 Å². The zero-order chi connectivity index (χ0) is 19.5. The van der Waals surface area contributed by atoms with Crippen molar-refractivity contribution in [2.24, 2.45) is 4.99 Å². The highest BCUT2D eigenvalue weighted by Crippen LogP contribution is 2.29. The normalized spacial score (nSPS) is 16.1. The Labute approximate surface area is 160 Å². The van der Waals surface area contributed by atoms with Crippen LogP contribution in [0.5, 0.6) is 0 Å². The van der Waals surface area contributed by atoms with E-state index in [9.17, 15) is 14.9 Å². The fourth-order valence-corrected chi connectivity index (χ4v) is 3.06. The molecule has 9 heteroatoms. The first-order valence-electron chi connectivity index (χ1n) is 8.31. The molecule has 0 unspecified atom stereocenters. The number of nitrogens with zero attached hydrogens (tertiary/aromatic N) is 3. The number of likely N-dealkylation sites (tertiary alicyclic amines) is 1. The Bertz CT molecular complexity index is 722. The van der Waals surface area contributed by atoms with E-state index in [4.69, 9.17) is 10.5 Å². The molecule has 26 heavy (non-hydrogen) atoms. The standard InChI is InChI=1S/C17H23BrN4O4/c1-17(2,3)26-16(23)21-6-4-12(5-7-21)20-10-11-8-15(22(24)25)13(18)9-14(11)19/h8-10,12H,4-7,19H2,1-3H3. The van der Waals surface area contributed by atoms with E-state index in [2.05, 4.69) is 20.9 Å². The molecule has 2 rings (SSSR count). The number of anilines is 1. The maximum atomic E-state index is 12.1. The number of carbonyl (C=O) groups excluding carboxylic acids is 1. The molecule has 1 aliphatic rings. The molecular formula is C17H23BrN4O4. The molecular weight excluding hydrogens is 404 g/mol. The van der Waals surface area contributed by atoms with Gasteiger partial charge in [0.05, 0.1) is 15.4 Å². The summed E-state index contributed by atoms with van der Waals surface area (Å²) in [7, 11) is 0. The van der Waals surface area contributed by atoms with Crippen LogP contribution in [0, 0.1) is 10.1 Å². The number of aliphatic imine (C=N–C) groups is 1. The van der Waals surface area contributed by atoms with E-state index in [0.29, 0.717) is 41.7 Å². The number of hydrogen-bond donors (Lipinski definition) is 1. The number of hydrogen-bond acceptors (Lipinski definition) is 6. The second kappa shape index (κ2) is 8.03. The van der Waals surface area contributed by atoms with Crippen LogP contribution in [0.1, 0.15) is 39.2 Å². The van der Waals surface area contributed by atoms with Crippen molar-refractivity contribution in [2.75, 3.05) is 18.8 Å². The monoisotopic (exact) mass is 426 g/mol. The second-order valence-corrected chi connectivity index (χ2v) is 8.02. The number of ether oxygens (including phenoxy) is 1. The van der Waals surface area contributed by atoms with Gasteiger partial charge in [-0.05, 0) is 55.6 Å². The van der Waals surface area contributed by atoms with Gasteiger partial charge < -0.3 is 15.4 Å². The second-order valence-electron chi connectivity index (χ2n) is 7.17. The Kier molecular flexibility index (Phi) is 6.22. The van der Waals surface area contributed by atoms with E-state index in [1.807, 2.05) is 20.8 Å². The molecule has 1 heterocycles. The number of piperidine rings is 1. The summed E-state index contributed by atoms with van der Waals surface area (Å²) in [5, 5.41) is 11.0. The van der Waals surface area contributed by atoms with Gasteiger partial charge in [-0.25, -0.2) is 4.79 Å². The Morgan fingerprint density at radius 1 is 1.42 bits per heavy atom. The highest BCUT2D eigenvalue weighted by atomic mass is 79.9. The van der Waals surface area contributed by atoms with Gasteiger partial charge in [0.2, 0.25) is 0 Å². The van der Waals surface area contributed by atoms with E-state index in [1.54, 1.807) is 11.1 Å². The van der Waals surface area contributed by atoms with Crippen molar-refractivity contribution in [3.8, 4) is 0 Å². The average Bonchev–Trinajstić information content (AvgIpc) is 2.52. The van der Waals surface area contributed by atoms with Gasteiger partial charge in [-0.1, -0.05) is 0 Å². The number of benzene rings is 1. The molecule has 1 saturated heterocycles. The van der Waals surface area contributed by atoms with E-state index in [1.165, 1.54) is 12.1 Å². The first kappa shape index (κ1) is 20.2. The van der Waals surface area contributed by atoms with Gasteiger partial charge in [0.15, 0.2) is 0 Å². The van der Waals surface area contributed by atoms with Gasteiger partial charge in [0.25, 0.3) is 5.69 Å². The lowest BCUT2D eigenvalue weighted by atomic mass is 10.1. The van der Waals surface area contributed by atoms with Crippen molar-refractivity contribution in [3.05, 3.63) is 32.3 Å². The van der Waals surface area contributed by atoms with Crippen LogP contribution in [-0.4, -0.2) is 46.9 Å². The predicted molar refractivity (Wildman–Crippen MR) is 104 cm³/mol. The topological polar surface area (TPSA) is 111 Å². The lowest BCUT2D eigenvalue weighted by Gasteiger charge is -2.32. The van der Waals surface area contributed by atoms with E-state index < -0.39 is 10.5 Å². The molecule has 1 aromatic rings. The van der Waals surface area contributed by atoms with Crippen molar-refractivity contribution in [3.63, 3.8) is 0 Å². The maximum Gasteiger partial charge on any atom is 0.410 e. The maximum absolute atomic E-state index is 12.1. The molecule has 0 bridgehead atoms. The molecule has 0 saturated carbocycles. The SMILES string of the molecule is CC(C)(C)OC(=O)N1CCC(N=Cc2cc([N+](=O)[O-])c(Br)cc2N)CC1. The summed E-state index contributed by atoms with van der Waals surface area (Å²) in [5.74, 6) is 0. The first-order chi connectivity index (χ1) is 12.1. The summed E-state index contributed by atoms with van der Waals surface area (Å²) in [6.45, 7) is 6.64. The van der Waals surface area contributed by atoms with Crippen LogP contribution < -0.4 is 5.73 Å². The highest BCUT2D eigenvalue weighted by molar-refractivity contribution is 9.10. The van der Waals surface area contributed by atoms with E-state index in [0.717, 1.165) is 0 Å². The van der Waals surface area contributed by atoms with Gasteiger partial charge in [-0.2, -0.15) is 0 Å². The van der Waals surface area contributed by atoms with Crippen LogP contribution in [-0.2, 0) is 4.74 Å². The van der Waals surface area contributed by atoms with E-state index in [-0.39, 0.29) is 17.8 Å². The quantitative estimate of drug-likeness (QED) is 0.342. The Morgan fingerprint density at radius 3 is 2.58 bits per heavy atom. The number of carbonyl (C=O) groups is 1.